The van der Waals surface area contributed by atoms with E-state index in [1.54, 1.807) is 0 Å². The van der Waals surface area contributed by atoms with Crippen molar-refractivity contribution in [2.24, 2.45) is 5.92 Å². The Hall–Kier alpha value is -0.380. The third-order valence-electron chi connectivity index (χ3n) is 3.93. The lowest BCUT2D eigenvalue weighted by Crippen LogP contribution is -2.57. The fraction of sp³-hybridized carbons (Fsp3) is 0.867. The molecule has 1 saturated heterocycles. The molecule has 3 heteroatoms. The highest BCUT2D eigenvalue weighted by molar-refractivity contribution is 4.88. The summed E-state index contributed by atoms with van der Waals surface area (Å²) in [6.45, 7) is 17.5. The number of ether oxygens (including phenoxy) is 1. The Morgan fingerprint density at radius 3 is 2.89 bits per heavy atom. The van der Waals surface area contributed by atoms with Crippen molar-refractivity contribution in [3.63, 3.8) is 0 Å². The minimum Gasteiger partial charge on any atom is -0.376 e. The molecule has 106 valence electrons. The summed E-state index contributed by atoms with van der Waals surface area (Å²) in [7, 11) is 0. The molecule has 18 heavy (non-hydrogen) atoms. The highest BCUT2D eigenvalue weighted by Gasteiger charge is 2.27. The van der Waals surface area contributed by atoms with Gasteiger partial charge < -0.3 is 10.1 Å². The Morgan fingerprint density at radius 2 is 2.28 bits per heavy atom. The van der Waals surface area contributed by atoms with Gasteiger partial charge in [-0.2, -0.15) is 0 Å². The summed E-state index contributed by atoms with van der Waals surface area (Å²) >= 11 is 0. The van der Waals surface area contributed by atoms with Crippen molar-refractivity contribution in [1.82, 2.24) is 10.2 Å². The predicted molar refractivity (Wildman–Crippen MR) is 77.9 cm³/mol. The first-order valence-corrected chi connectivity index (χ1v) is 7.24. The first-order valence-electron chi connectivity index (χ1n) is 7.24. The smallest absolute Gasteiger partial charge is 0.0672 e. The van der Waals surface area contributed by atoms with Crippen LogP contribution in [0, 0.1) is 5.92 Å². The van der Waals surface area contributed by atoms with Crippen LogP contribution in [0.4, 0.5) is 0 Å². The van der Waals surface area contributed by atoms with Crippen molar-refractivity contribution < 1.29 is 4.74 Å². The van der Waals surface area contributed by atoms with Crippen LogP contribution in [0.2, 0.25) is 0 Å². The molecule has 1 heterocycles. The molecule has 0 aromatic rings. The average Bonchev–Trinajstić information content (AvgIpc) is 2.35. The summed E-state index contributed by atoms with van der Waals surface area (Å²) in [6.07, 6.45) is 1.24. The molecular formula is C15H30N2O. The topological polar surface area (TPSA) is 24.5 Å². The Bertz CT molecular complexity index is 255. The van der Waals surface area contributed by atoms with Gasteiger partial charge in [-0.1, -0.05) is 32.4 Å². The highest BCUT2D eigenvalue weighted by atomic mass is 16.5. The summed E-state index contributed by atoms with van der Waals surface area (Å²) in [5, 5.41) is 3.66. The number of piperazine rings is 1. The van der Waals surface area contributed by atoms with Gasteiger partial charge in [0.05, 0.1) is 13.2 Å². The van der Waals surface area contributed by atoms with Crippen LogP contribution in [0.25, 0.3) is 0 Å². The molecule has 0 aliphatic carbocycles. The quantitative estimate of drug-likeness (QED) is 0.557. The first-order chi connectivity index (χ1) is 8.54. The fourth-order valence-electron chi connectivity index (χ4n) is 2.35. The van der Waals surface area contributed by atoms with Gasteiger partial charge in [0.25, 0.3) is 0 Å². The van der Waals surface area contributed by atoms with Crippen LogP contribution in [0.1, 0.15) is 34.1 Å². The van der Waals surface area contributed by atoms with Crippen LogP contribution in [0.5, 0.6) is 0 Å². The van der Waals surface area contributed by atoms with Gasteiger partial charge in [-0.3, -0.25) is 4.90 Å². The Balaban J connectivity index is 2.31. The van der Waals surface area contributed by atoms with E-state index in [0.717, 1.165) is 37.7 Å². The van der Waals surface area contributed by atoms with Crippen LogP contribution < -0.4 is 5.32 Å². The minimum absolute atomic E-state index is 0.610. The maximum atomic E-state index is 5.61. The minimum atomic E-state index is 0.610. The standard InChI is InChI=1S/C15H30N2O/c1-6-13(4)15-10-17(14(5)9-16-15)7-8-18-11-12(2)3/h13-16H,2,6-11H2,1,3-5H3. The zero-order valence-corrected chi connectivity index (χ0v) is 12.5. The molecule has 0 spiro atoms. The Kier molecular flexibility index (Phi) is 6.90. The maximum Gasteiger partial charge on any atom is 0.0672 e. The summed E-state index contributed by atoms with van der Waals surface area (Å²) in [6, 6.07) is 1.24. The third kappa shape index (κ3) is 5.09. The third-order valence-corrected chi connectivity index (χ3v) is 3.93. The van der Waals surface area contributed by atoms with E-state index in [0.29, 0.717) is 18.7 Å². The summed E-state index contributed by atoms with van der Waals surface area (Å²) in [4.78, 5) is 2.55. The molecular weight excluding hydrogens is 224 g/mol. The van der Waals surface area contributed by atoms with E-state index in [1.165, 1.54) is 6.42 Å². The highest BCUT2D eigenvalue weighted by Crippen LogP contribution is 2.15. The van der Waals surface area contributed by atoms with Gasteiger partial charge in [0.2, 0.25) is 0 Å². The SMILES string of the molecule is C=C(C)COCCN1CC(C(C)CC)NCC1C. The van der Waals surface area contributed by atoms with Crippen LogP contribution in [0.15, 0.2) is 12.2 Å². The zero-order chi connectivity index (χ0) is 13.5. The number of nitrogens with zero attached hydrogens (tertiary/aromatic N) is 1. The summed E-state index contributed by atoms with van der Waals surface area (Å²) < 4.78 is 5.61. The lowest BCUT2D eigenvalue weighted by molar-refractivity contribution is 0.0700. The van der Waals surface area contributed by atoms with E-state index in [2.05, 4.69) is 37.6 Å². The van der Waals surface area contributed by atoms with Gasteiger partial charge in [0.1, 0.15) is 0 Å². The van der Waals surface area contributed by atoms with Gasteiger partial charge >= 0.3 is 0 Å². The van der Waals surface area contributed by atoms with Crippen molar-refractivity contribution >= 4 is 0 Å². The van der Waals surface area contributed by atoms with Crippen molar-refractivity contribution in [3.05, 3.63) is 12.2 Å². The van der Waals surface area contributed by atoms with E-state index < -0.39 is 0 Å². The van der Waals surface area contributed by atoms with Crippen LogP contribution in [-0.4, -0.2) is 49.8 Å². The molecule has 0 aromatic heterocycles. The number of nitrogens with one attached hydrogen (secondary N) is 1. The molecule has 1 rings (SSSR count). The second-order valence-corrected chi connectivity index (χ2v) is 5.75. The molecule has 1 fully saturated rings. The molecule has 3 atom stereocenters. The predicted octanol–water partition coefficient (Wildman–Crippen LogP) is 2.29. The van der Waals surface area contributed by atoms with Crippen LogP contribution in [0.3, 0.4) is 0 Å². The molecule has 1 aliphatic rings. The first kappa shape index (κ1) is 15.7. The molecule has 3 unspecified atom stereocenters. The summed E-state index contributed by atoms with van der Waals surface area (Å²) in [5.41, 5.74) is 1.10. The van der Waals surface area contributed by atoms with Gasteiger partial charge in [-0.05, 0) is 19.8 Å². The van der Waals surface area contributed by atoms with E-state index in [1.807, 2.05) is 6.92 Å². The average molecular weight is 254 g/mol. The van der Waals surface area contributed by atoms with Gasteiger partial charge in [-0.25, -0.2) is 0 Å². The van der Waals surface area contributed by atoms with Crippen molar-refractivity contribution in [3.8, 4) is 0 Å². The molecule has 0 bridgehead atoms. The van der Waals surface area contributed by atoms with Crippen molar-refractivity contribution in [2.75, 3.05) is 32.8 Å². The fourth-order valence-corrected chi connectivity index (χ4v) is 2.35. The second-order valence-electron chi connectivity index (χ2n) is 5.75. The number of hydrogen-bond acceptors (Lipinski definition) is 3. The molecule has 0 aromatic carbocycles. The molecule has 0 radical (unpaired) electrons. The van der Waals surface area contributed by atoms with E-state index in [9.17, 15) is 0 Å². The van der Waals surface area contributed by atoms with Crippen molar-refractivity contribution in [2.45, 2.75) is 46.2 Å². The Labute approximate surface area is 113 Å². The molecule has 0 amide bonds. The van der Waals surface area contributed by atoms with Crippen LogP contribution >= 0.6 is 0 Å². The van der Waals surface area contributed by atoms with E-state index in [-0.39, 0.29) is 0 Å². The van der Waals surface area contributed by atoms with Gasteiger partial charge in [0, 0.05) is 31.7 Å². The van der Waals surface area contributed by atoms with Crippen LogP contribution in [-0.2, 0) is 4.74 Å². The molecule has 1 N–H and O–H groups in total. The second kappa shape index (κ2) is 7.93. The van der Waals surface area contributed by atoms with Crippen molar-refractivity contribution in [1.29, 1.82) is 0 Å². The molecule has 0 saturated carbocycles. The number of hydrogen-bond donors (Lipinski definition) is 1. The van der Waals surface area contributed by atoms with E-state index in [4.69, 9.17) is 4.74 Å². The van der Waals surface area contributed by atoms with Gasteiger partial charge in [-0.15, -0.1) is 0 Å². The summed E-state index contributed by atoms with van der Waals surface area (Å²) in [5.74, 6) is 0.747. The molecule has 3 nitrogen and oxygen atoms in total. The largest absolute Gasteiger partial charge is 0.376 e. The van der Waals surface area contributed by atoms with E-state index >= 15 is 0 Å². The lowest BCUT2D eigenvalue weighted by Gasteiger charge is -2.41. The lowest BCUT2D eigenvalue weighted by atomic mass is 9.96. The maximum absolute atomic E-state index is 5.61. The molecule has 1 aliphatic heterocycles. The zero-order valence-electron chi connectivity index (χ0n) is 12.5. The number of rotatable bonds is 7. The monoisotopic (exact) mass is 254 g/mol. The Morgan fingerprint density at radius 1 is 1.56 bits per heavy atom. The van der Waals surface area contributed by atoms with Gasteiger partial charge in [0.15, 0.2) is 0 Å². The normalized spacial score (nSPS) is 27.1.